The number of ketones is 2. The van der Waals surface area contributed by atoms with Gasteiger partial charge in [0.25, 0.3) is 0 Å². The summed E-state index contributed by atoms with van der Waals surface area (Å²) in [6.45, 7) is 15.5. The Morgan fingerprint density at radius 1 is 0.882 bits per heavy atom. The molecular weight excluding hydrogens is 1190 g/mol. The molecule has 12 rings (SSSR count). The number of phenols is 2. The number of esters is 2. The van der Waals surface area contributed by atoms with Gasteiger partial charge in [0.1, 0.15) is 40.8 Å². The molecule has 3 aromatic carbocycles. The van der Waals surface area contributed by atoms with E-state index >= 15 is 0 Å². The minimum Gasteiger partial charge on any atom is -0.510 e. The number of fused-ring (bicyclic) bond motifs is 8. The van der Waals surface area contributed by atoms with Crippen molar-refractivity contribution in [1.82, 2.24) is 10.6 Å². The fraction of sp³-hybridized carbons (Fsp3) is 0.338. The number of amides is 1. The van der Waals surface area contributed by atoms with E-state index in [9.17, 15) is 59.4 Å². The van der Waals surface area contributed by atoms with Crippen LogP contribution in [0, 0.1) is 17.8 Å². The third-order valence-electron chi connectivity index (χ3n) is 19.1. The molecule has 1 amide bonds. The lowest BCUT2D eigenvalue weighted by molar-refractivity contribution is -0.250. The van der Waals surface area contributed by atoms with Gasteiger partial charge in [-0.3, -0.25) is 28.8 Å². The number of hydrogen-bond acceptors (Lipinski definition) is 20. The zero-order valence-corrected chi connectivity index (χ0v) is 52.3. The van der Waals surface area contributed by atoms with Crippen LogP contribution in [0.3, 0.4) is 0 Å². The molecule has 0 radical (unpaired) electrons. The van der Waals surface area contributed by atoms with Crippen LogP contribution in [0.1, 0.15) is 135 Å². The number of phenolic OH excluding ortho intramolecular Hbond substituents is 2. The van der Waals surface area contributed by atoms with Crippen molar-refractivity contribution in [3.63, 3.8) is 0 Å². The highest BCUT2D eigenvalue weighted by Crippen LogP contribution is 2.54. The first kappa shape index (κ1) is 63.3. The number of carbonyl (C=O) groups excluding carboxylic acids is 5. The van der Waals surface area contributed by atoms with Gasteiger partial charge in [-0.25, -0.2) is 15.0 Å². The Labute approximate surface area is 534 Å². The minimum absolute atomic E-state index is 0.0339. The molecule has 480 valence electrons. The summed E-state index contributed by atoms with van der Waals surface area (Å²) in [5.74, 6) is -8.65. The number of carboxylic acid groups (broad SMARTS) is 1. The number of aliphatic imine (C=N–C) groups is 3. The van der Waals surface area contributed by atoms with E-state index in [0.29, 0.717) is 57.2 Å². The molecule has 8 bridgehead atoms. The number of carbonyl (C=O) groups is 6. The number of nitrogens with one attached hydrogen (secondary N) is 2. The molecule has 0 spiro atoms. The van der Waals surface area contributed by atoms with Crippen molar-refractivity contribution in [2.24, 2.45) is 32.7 Å². The van der Waals surface area contributed by atoms with Crippen LogP contribution in [0.25, 0.3) is 6.08 Å². The standard InChI is InChI=1S/C71H69N5O17/c1-10-36-30(3)41-23-43-32(5)38(62(75-43)58-61(70(87)90-9)67(84)55-33(6)44(76-63(55)58)25-46-37(11-2)31(4)42(73-46)24-45(36)72-41)20-22-53(80)92-48-17-13-12-15-35(48)19-21-51(77)74-47-26-54(91-34(7)64(47)81)93-50-28-71(88,29-52(78)79)27-40-57(50)69(86)59-60(66(40)83)68(85)56-39(65(59)82)16-14-18-49(56)89-8/h10,12-19,21,23-25,32,34,38,47,50,54,61,64,75,81,83-84,86,88H,1,11,20,22,26-29H2,2-9H3,(H,74,77)(H,78,79)/b21-19+,43-23?,45-24?,46-25?,62-58?/t32-,34+,38-,47+,50-,54+,61?,64-,71-/m0/s1. The second kappa shape index (κ2) is 24.3. The Kier molecular flexibility index (Phi) is 16.5. The molecule has 3 aromatic rings. The number of aromatic hydroxyl groups is 2. The maximum atomic E-state index is 14.2. The lowest BCUT2D eigenvalue weighted by Crippen LogP contribution is -2.55. The zero-order valence-electron chi connectivity index (χ0n) is 52.3. The Morgan fingerprint density at radius 2 is 1.60 bits per heavy atom. The number of aliphatic carboxylic acids is 1. The first-order chi connectivity index (χ1) is 44.4. The van der Waals surface area contributed by atoms with Gasteiger partial charge in [-0.05, 0) is 99.3 Å². The van der Waals surface area contributed by atoms with Crippen LogP contribution in [0.15, 0.2) is 168 Å². The highest BCUT2D eigenvalue weighted by molar-refractivity contribution is 6.31. The zero-order chi connectivity index (χ0) is 66.4. The fourth-order valence-electron chi connectivity index (χ4n) is 14.3. The van der Waals surface area contributed by atoms with Gasteiger partial charge in [0.15, 0.2) is 12.1 Å². The van der Waals surface area contributed by atoms with E-state index in [-0.39, 0.29) is 64.7 Å². The average Bonchev–Trinajstić information content (AvgIpc) is 1.40. The van der Waals surface area contributed by atoms with E-state index < -0.39 is 125 Å². The molecule has 3 aliphatic carbocycles. The summed E-state index contributed by atoms with van der Waals surface area (Å²) in [6, 6.07) is 9.78. The molecule has 6 aliphatic heterocycles. The molecule has 22 heteroatoms. The second-order valence-corrected chi connectivity index (χ2v) is 24.6. The van der Waals surface area contributed by atoms with E-state index in [1.807, 2.05) is 45.9 Å². The fourth-order valence-corrected chi connectivity index (χ4v) is 14.3. The highest BCUT2D eigenvalue weighted by Gasteiger charge is 2.51. The predicted molar refractivity (Wildman–Crippen MR) is 339 cm³/mol. The number of methoxy groups -OCH3 is 2. The Bertz CT molecular complexity index is 4310. The number of benzene rings is 3. The van der Waals surface area contributed by atoms with E-state index in [2.05, 4.69) is 24.1 Å². The molecular formula is C71H69N5O17. The maximum Gasteiger partial charge on any atom is 0.321 e. The van der Waals surface area contributed by atoms with Crippen molar-refractivity contribution in [3.05, 3.63) is 192 Å². The summed E-state index contributed by atoms with van der Waals surface area (Å²) in [5.41, 5.74) is 6.82. The summed E-state index contributed by atoms with van der Waals surface area (Å²) in [6.07, 6.45) is 3.68. The quantitative estimate of drug-likeness (QED) is 0.0239. The number of hydrogen-bond donors (Lipinski definition) is 8. The van der Waals surface area contributed by atoms with Crippen molar-refractivity contribution >= 4 is 58.6 Å². The molecule has 6 heterocycles. The van der Waals surface area contributed by atoms with Crippen molar-refractivity contribution in [1.29, 1.82) is 0 Å². The molecule has 2 saturated heterocycles. The lowest BCUT2D eigenvalue weighted by atomic mass is 9.72. The number of aliphatic hydroxyl groups is 3. The van der Waals surface area contributed by atoms with Crippen molar-refractivity contribution in [2.45, 2.75) is 123 Å². The van der Waals surface area contributed by atoms with Crippen molar-refractivity contribution < 1.29 is 83.1 Å². The maximum absolute atomic E-state index is 14.2. The van der Waals surface area contributed by atoms with Crippen molar-refractivity contribution in [3.8, 4) is 23.0 Å². The van der Waals surface area contributed by atoms with E-state index in [4.69, 9.17) is 38.7 Å². The highest BCUT2D eigenvalue weighted by atomic mass is 16.7. The van der Waals surface area contributed by atoms with Gasteiger partial charge >= 0.3 is 17.9 Å². The van der Waals surface area contributed by atoms with Crippen LogP contribution in [-0.2, 0) is 39.8 Å². The average molecular weight is 1260 g/mol. The van der Waals surface area contributed by atoms with Crippen LogP contribution >= 0.6 is 0 Å². The molecule has 8 N–H and O–H groups in total. The molecule has 9 aliphatic rings. The first-order valence-electron chi connectivity index (χ1n) is 30.7. The van der Waals surface area contributed by atoms with Gasteiger partial charge in [-0.15, -0.1) is 0 Å². The van der Waals surface area contributed by atoms with Crippen LogP contribution < -0.4 is 20.1 Å². The number of aliphatic hydroxyl groups excluding tert-OH is 2. The lowest BCUT2D eigenvalue weighted by Gasteiger charge is -2.43. The molecule has 0 saturated carbocycles. The molecule has 9 atom stereocenters. The molecule has 1 unspecified atom stereocenters. The minimum atomic E-state index is -2.12. The van der Waals surface area contributed by atoms with E-state index in [1.54, 1.807) is 30.3 Å². The Morgan fingerprint density at radius 3 is 2.32 bits per heavy atom. The molecule has 2 fully saturated rings. The number of ether oxygens (including phenoxy) is 5. The number of carboxylic acids is 1. The molecule has 0 aromatic heterocycles. The monoisotopic (exact) mass is 1260 g/mol. The van der Waals surface area contributed by atoms with Crippen LogP contribution in [0.2, 0.25) is 0 Å². The van der Waals surface area contributed by atoms with E-state index in [1.165, 1.54) is 51.5 Å². The predicted octanol–water partition coefficient (Wildman–Crippen LogP) is 8.73. The number of allylic oxidation sites excluding steroid dienone is 11. The largest absolute Gasteiger partial charge is 0.510 e. The van der Waals surface area contributed by atoms with Crippen LogP contribution in [0.5, 0.6) is 23.0 Å². The second-order valence-electron chi connectivity index (χ2n) is 24.6. The van der Waals surface area contributed by atoms with Gasteiger partial charge in [0.2, 0.25) is 11.7 Å². The van der Waals surface area contributed by atoms with Gasteiger partial charge in [-0.2, -0.15) is 0 Å². The third-order valence-corrected chi connectivity index (χ3v) is 19.1. The summed E-state index contributed by atoms with van der Waals surface area (Å²) in [4.78, 5) is 97.6. The number of nitrogens with zero attached hydrogens (tertiary/aromatic N) is 3. The summed E-state index contributed by atoms with van der Waals surface area (Å²) in [5, 5.41) is 75.5. The molecule has 93 heavy (non-hydrogen) atoms. The Balaban J connectivity index is 0.780. The van der Waals surface area contributed by atoms with Crippen LogP contribution in [-0.4, -0.2) is 128 Å². The van der Waals surface area contributed by atoms with E-state index in [0.717, 1.165) is 39.4 Å². The summed E-state index contributed by atoms with van der Waals surface area (Å²) in [7, 11) is 2.55. The first-order valence-corrected chi connectivity index (χ1v) is 30.7. The van der Waals surface area contributed by atoms with Gasteiger partial charge < -0.3 is 65.0 Å². The topological polar surface area (TPSA) is 331 Å². The third kappa shape index (κ3) is 10.9. The smallest absolute Gasteiger partial charge is 0.321 e. The van der Waals surface area contributed by atoms with Crippen molar-refractivity contribution in [2.75, 3.05) is 14.2 Å². The number of para-hydroxylation sites is 1. The SMILES string of the molecule is C=CC1=C(C)C2=NC1=CC1=NC(=CC3=C(C)C4=C(O)C(C(=O)OC)C(=C5NC(=C2)[C@@H](C)[C@@H]5CCC(=O)Oc2ccccc2/C=C/C(=O)N[C@@H]2C[C@@H](O[C@H]5C[C@](O)(CC(=O)O)Cc6c(O)c7c(c(O)c65)C(=O)c5cccc(OC)c5C7=O)O[C@H](C)[C@@H]2O)C4=N3)C(CC)=C1C. The molecule has 22 nitrogen and oxygen atoms in total. The van der Waals surface area contributed by atoms with Gasteiger partial charge in [0, 0.05) is 94.0 Å². The van der Waals surface area contributed by atoms with Gasteiger partial charge in [0.05, 0.1) is 95.4 Å². The van der Waals surface area contributed by atoms with Crippen LogP contribution in [0.4, 0.5) is 0 Å². The van der Waals surface area contributed by atoms with Gasteiger partial charge in [-0.1, -0.05) is 56.8 Å². The normalized spacial score (nSPS) is 26.0. The number of rotatable bonds is 15. The summed E-state index contributed by atoms with van der Waals surface area (Å²) < 4.78 is 29.2. The Hall–Kier alpha value is -9.87. The summed E-state index contributed by atoms with van der Waals surface area (Å²) >= 11 is 0.